The molecule has 1 aliphatic rings. The molecule has 1 fully saturated rings. The molecule has 4 atom stereocenters. The highest BCUT2D eigenvalue weighted by atomic mass is 16.3. The van der Waals surface area contributed by atoms with E-state index >= 15 is 0 Å². The lowest BCUT2D eigenvalue weighted by Crippen LogP contribution is -2.42. The van der Waals surface area contributed by atoms with Gasteiger partial charge in [0.1, 0.15) is 0 Å². The fourth-order valence-corrected chi connectivity index (χ4v) is 2.82. The highest BCUT2D eigenvalue weighted by Crippen LogP contribution is 2.29. The number of aliphatic hydroxyl groups excluding tert-OH is 1. The first-order chi connectivity index (χ1) is 7.69. The Morgan fingerprint density at radius 3 is 2.69 bits per heavy atom. The van der Waals surface area contributed by atoms with Gasteiger partial charge < -0.3 is 10.4 Å². The van der Waals surface area contributed by atoms with Crippen LogP contribution in [0.5, 0.6) is 0 Å². The van der Waals surface area contributed by atoms with E-state index in [0.717, 1.165) is 24.8 Å². The third-order valence-corrected chi connectivity index (χ3v) is 4.49. The van der Waals surface area contributed by atoms with Crippen LogP contribution in [0.25, 0.3) is 0 Å². The van der Waals surface area contributed by atoms with Crippen LogP contribution in [0.1, 0.15) is 52.9 Å². The van der Waals surface area contributed by atoms with Gasteiger partial charge in [-0.2, -0.15) is 0 Å². The van der Waals surface area contributed by atoms with Crippen LogP contribution in [0.15, 0.2) is 0 Å². The summed E-state index contributed by atoms with van der Waals surface area (Å²) in [6, 6.07) is 0.705. The van der Waals surface area contributed by atoms with E-state index in [1.807, 2.05) is 0 Å². The van der Waals surface area contributed by atoms with Gasteiger partial charge in [-0.1, -0.05) is 40.0 Å². The lowest BCUT2D eigenvalue weighted by molar-refractivity contribution is 0.191. The molecule has 1 aliphatic carbocycles. The Bertz CT molecular complexity index is 184. The second-order valence-electron chi connectivity index (χ2n) is 5.57. The van der Waals surface area contributed by atoms with Crippen LogP contribution in [-0.2, 0) is 0 Å². The van der Waals surface area contributed by atoms with Gasteiger partial charge in [0.05, 0.1) is 0 Å². The monoisotopic (exact) mass is 227 g/mol. The molecule has 0 aliphatic heterocycles. The topological polar surface area (TPSA) is 32.3 Å². The summed E-state index contributed by atoms with van der Waals surface area (Å²) in [5, 5.41) is 12.7. The zero-order valence-corrected chi connectivity index (χ0v) is 11.2. The minimum Gasteiger partial charge on any atom is -0.396 e. The third-order valence-electron chi connectivity index (χ3n) is 4.49. The number of rotatable bonds is 6. The van der Waals surface area contributed by atoms with Crippen LogP contribution in [0.2, 0.25) is 0 Å². The van der Waals surface area contributed by atoms with Crippen LogP contribution in [0.4, 0.5) is 0 Å². The van der Waals surface area contributed by atoms with E-state index in [1.165, 1.54) is 25.7 Å². The van der Waals surface area contributed by atoms with Crippen LogP contribution in [0, 0.1) is 17.8 Å². The van der Waals surface area contributed by atoms with Crippen molar-refractivity contribution >= 4 is 0 Å². The van der Waals surface area contributed by atoms with Gasteiger partial charge in [0, 0.05) is 12.6 Å². The number of hydrogen-bond acceptors (Lipinski definition) is 2. The maximum atomic E-state index is 8.97. The molecule has 1 rings (SSSR count). The Hall–Kier alpha value is -0.0800. The van der Waals surface area contributed by atoms with Crippen LogP contribution < -0.4 is 5.32 Å². The average molecular weight is 227 g/mol. The van der Waals surface area contributed by atoms with Gasteiger partial charge in [0.15, 0.2) is 0 Å². The van der Waals surface area contributed by atoms with Gasteiger partial charge in [-0.15, -0.1) is 0 Å². The first kappa shape index (κ1) is 14.0. The molecule has 2 N–H and O–H groups in total. The van der Waals surface area contributed by atoms with Gasteiger partial charge in [0.2, 0.25) is 0 Å². The summed E-state index contributed by atoms with van der Waals surface area (Å²) < 4.78 is 0. The van der Waals surface area contributed by atoms with Crippen molar-refractivity contribution in [3.63, 3.8) is 0 Å². The molecule has 0 bridgehead atoms. The quantitative estimate of drug-likeness (QED) is 0.731. The summed E-state index contributed by atoms with van der Waals surface area (Å²) >= 11 is 0. The van der Waals surface area contributed by atoms with Gasteiger partial charge in [0.25, 0.3) is 0 Å². The molecule has 0 amide bonds. The molecule has 2 heteroatoms. The van der Waals surface area contributed by atoms with Crippen molar-refractivity contribution in [3.05, 3.63) is 0 Å². The lowest BCUT2D eigenvalue weighted by atomic mass is 9.78. The zero-order chi connectivity index (χ0) is 12.0. The van der Waals surface area contributed by atoms with Crippen molar-refractivity contribution in [1.29, 1.82) is 0 Å². The Morgan fingerprint density at radius 1 is 1.31 bits per heavy atom. The standard InChI is InChI=1S/C14H29NO/c1-4-13(8-9-16)10-15-14-7-5-6-11(2)12(14)3/h11-16H,4-10H2,1-3H3. The highest BCUT2D eigenvalue weighted by Gasteiger charge is 2.26. The largest absolute Gasteiger partial charge is 0.396 e. The van der Waals surface area contributed by atoms with E-state index in [4.69, 9.17) is 5.11 Å². The molecule has 0 aromatic heterocycles. The van der Waals surface area contributed by atoms with E-state index in [1.54, 1.807) is 0 Å². The molecule has 0 saturated heterocycles. The summed E-state index contributed by atoms with van der Waals surface area (Å²) in [5.74, 6) is 2.32. The SMILES string of the molecule is CCC(CCO)CNC1CCCC(C)C1C. The van der Waals surface area contributed by atoms with E-state index in [-0.39, 0.29) is 0 Å². The van der Waals surface area contributed by atoms with Crippen LogP contribution >= 0.6 is 0 Å². The molecule has 16 heavy (non-hydrogen) atoms. The van der Waals surface area contributed by atoms with Gasteiger partial charge in [-0.05, 0) is 37.1 Å². The number of aliphatic hydroxyl groups is 1. The minimum absolute atomic E-state index is 0.330. The third kappa shape index (κ3) is 4.06. The normalized spacial score (nSPS) is 32.6. The molecular weight excluding hydrogens is 198 g/mol. The molecule has 0 spiro atoms. The second-order valence-corrected chi connectivity index (χ2v) is 5.57. The molecule has 0 heterocycles. The molecule has 4 unspecified atom stereocenters. The van der Waals surface area contributed by atoms with Crippen molar-refractivity contribution < 1.29 is 5.11 Å². The number of hydrogen-bond donors (Lipinski definition) is 2. The first-order valence-corrected chi connectivity index (χ1v) is 7.03. The summed E-state index contributed by atoms with van der Waals surface area (Å²) in [4.78, 5) is 0. The molecule has 0 aromatic carbocycles. The van der Waals surface area contributed by atoms with E-state index < -0.39 is 0 Å². The fourth-order valence-electron chi connectivity index (χ4n) is 2.82. The Labute approximate surface area is 101 Å². The second kappa shape index (κ2) is 7.29. The van der Waals surface area contributed by atoms with Crippen LogP contribution in [-0.4, -0.2) is 24.3 Å². The molecule has 0 aromatic rings. The van der Waals surface area contributed by atoms with E-state index in [0.29, 0.717) is 18.6 Å². The van der Waals surface area contributed by atoms with Gasteiger partial charge in [-0.3, -0.25) is 0 Å². The van der Waals surface area contributed by atoms with Crippen molar-refractivity contribution in [2.45, 2.75) is 58.9 Å². The van der Waals surface area contributed by atoms with Crippen molar-refractivity contribution in [1.82, 2.24) is 5.32 Å². The molecule has 2 nitrogen and oxygen atoms in total. The highest BCUT2D eigenvalue weighted by molar-refractivity contribution is 4.82. The van der Waals surface area contributed by atoms with E-state index in [2.05, 4.69) is 26.1 Å². The molecule has 96 valence electrons. The minimum atomic E-state index is 0.330. The Kier molecular flexibility index (Phi) is 6.37. The van der Waals surface area contributed by atoms with Crippen molar-refractivity contribution in [2.75, 3.05) is 13.2 Å². The first-order valence-electron chi connectivity index (χ1n) is 7.03. The lowest BCUT2D eigenvalue weighted by Gasteiger charge is -2.35. The molecule has 1 saturated carbocycles. The van der Waals surface area contributed by atoms with Gasteiger partial charge in [-0.25, -0.2) is 0 Å². The summed E-state index contributed by atoms with van der Waals surface area (Å²) in [6.07, 6.45) is 6.22. The van der Waals surface area contributed by atoms with Gasteiger partial charge >= 0.3 is 0 Å². The summed E-state index contributed by atoms with van der Waals surface area (Å²) in [7, 11) is 0. The molecule has 0 radical (unpaired) electrons. The summed E-state index contributed by atoms with van der Waals surface area (Å²) in [5.41, 5.74) is 0. The maximum absolute atomic E-state index is 8.97. The summed E-state index contributed by atoms with van der Waals surface area (Å²) in [6.45, 7) is 8.39. The van der Waals surface area contributed by atoms with E-state index in [9.17, 15) is 0 Å². The predicted octanol–water partition coefficient (Wildman–Crippen LogP) is 2.81. The Morgan fingerprint density at radius 2 is 2.06 bits per heavy atom. The van der Waals surface area contributed by atoms with Crippen molar-refractivity contribution in [3.8, 4) is 0 Å². The zero-order valence-electron chi connectivity index (χ0n) is 11.2. The number of nitrogens with one attached hydrogen (secondary N) is 1. The molecular formula is C14H29NO. The van der Waals surface area contributed by atoms with Crippen molar-refractivity contribution in [2.24, 2.45) is 17.8 Å². The average Bonchev–Trinajstić information content (AvgIpc) is 2.29. The van der Waals surface area contributed by atoms with Crippen LogP contribution in [0.3, 0.4) is 0 Å². The maximum Gasteiger partial charge on any atom is 0.0434 e. The predicted molar refractivity (Wildman–Crippen MR) is 69.5 cm³/mol. The smallest absolute Gasteiger partial charge is 0.0434 e. The fraction of sp³-hybridized carbons (Fsp3) is 1.00. The Balaban J connectivity index is 2.29.